The molecule has 0 fully saturated rings. The molecule has 0 spiro atoms. The molecule has 0 unspecified atom stereocenters. The second-order valence-corrected chi connectivity index (χ2v) is 5.76. The van der Waals surface area contributed by atoms with E-state index in [1.165, 1.54) is 18.2 Å². The van der Waals surface area contributed by atoms with Gasteiger partial charge in [0.25, 0.3) is 0 Å². The van der Waals surface area contributed by atoms with Gasteiger partial charge in [0.2, 0.25) is 0 Å². The number of rotatable bonds is 1. The zero-order valence-electron chi connectivity index (χ0n) is 10.8. The molecule has 106 valence electrons. The lowest BCUT2D eigenvalue weighted by Crippen LogP contribution is -1.97. The van der Waals surface area contributed by atoms with Crippen LogP contribution < -0.4 is 0 Å². The predicted octanol–water partition coefficient (Wildman–Crippen LogP) is 5.30. The molecule has 0 aliphatic rings. The summed E-state index contributed by atoms with van der Waals surface area (Å²) in [6, 6.07) is 7.10. The lowest BCUT2D eigenvalue weighted by molar-refractivity contribution is 0.627. The first-order valence-corrected chi connectivity index (χ1v) is 7.22. The molecule has 0 atom stereocenters. The first-order chi connectivity index (χ1) is 9.97. The van der Waals surface area contributed by atoms with Crippen LogP contribution in [0, 0.1) is 18.6 Å². The minimum atomic E-state index is -0.507. The Bertz CT molecular complexity index is 868. The maximum absolute atomic E-state index is 14.0. The third-order valence-corrected chi connectivity index (χ3v) is 4.08. The van der Waals surface area contributed by atoms with Gasteiger partial charge in [0.05, 0.1) is 5.39 Å². The van der Waals surface area contributed by atoms with Crippen molar-refractivity contribution in [3.8, 4) is 11.4 Å². The highest BCUT2D eigenvalue weighted by Crippen LogP contribution is 2.32. The summed E-state index contributed by atoms with van der Waals surface area (Å²) in [5.74, 6) is -0.723. The Morgan fingerprint density at radius 1 is 1.10 bits per heavy atom. The zero-order chi connectivity index (χ0) is 15.1. The Morgan fingerprint density at radius 2 is 1.86 bits per heavy atom. The molecule has 0 aliphatic heterocycles. The van der Waals surface area contributed by atoms with E-state index >= 15 is 0 Å². The molecule has 3 rings (SSSR count). The molecule has 1 heterocycles. The molecular formula is C15H8BrClF2N2. The first-order valence-electron chi connectivity index (χ1n) is 6.05. The number of fused-ring (bicyclic) bond motifs is 1. The fraction of sp³-hybridized carbons (Fsp3) is 0.0667. The van der Waals surface area contributed by atoms with Gasteiger partial charge in [-0.2, -0.15) is 0 Å². The average molecular weight is 370 g/mol. The maximum atomic E-state index is 14.0. The zero-order valence-corrected chi connectivity index (χ0v) is 13.1. The molecular weight excluding hydrogens is 362 g/mol. The van der Waals surface area contributed by atoms with Gasteiger partial charge >= 0.3 is 0 Å². The molecule has 0 radical (unpaired) electrons. The lowest BCUT2D eigenvalue weighted by atomic mass is 10.1. The Hall–Kier alpha value is -1.59. The number of nitrogens with zero attached hydrogens (tertiary/aromatic N) is 2. The fourth-order valence-electron chi connectivity index (χ4n) is 2.08. The third kappa shape index (κ3) is 2.51. The van der Waals surface area contributed by atoms with Crippen molar-refractivity contribution in [1.82, 2.24) is 9.97 Å². The number of hydrogen-bond donors (Lipinski definition) is 0. The van der Waals surface area contributed by atoms with Crippen LogP contribution in [0.1, 0.15) is 5.56 Å². The number of benzene rings is 2. The van der Waals surface area contributed by atoms with Gasteiger partial charge in [-0.1, -0.05) is 17.7 Å². The summed E-state index contributed by atoms with van der Waals surface area (Å²) < 4.78 is 28.0. The number of hydrogen-bond acceptors (Lipinski definition) is 2. The Morgan fingerprint density at radius 3 is 2.62 bits per heavy atom. The van der Waals surface area contributed by atoms with Gasteiger partial charge in [-0.25, -0.2) is 18.7 Å². The van der Waals surface area contributed by atoms with E-state index in [4.69, 9.17) is 11.6 Å². The van der Waals surface area contributed by atoms with Crippen LogP contribution in [0.2, 0.25) is 5.15 Å². The Balaban J connectivity index is 2.35. The van der Waals surface area contributed by atoms with E-state index in [0.717, 1.165) is 5.56 Å². The van der Waals surface area contributed by atoms with E-state index in [2.05, 4.69) is 25.9 Å². The lowest BCUT2D eigenvalue weighted by Gasteiger charge is -2.09. The quantitative estimate of drug-likeness (QED) is 0.544. The molecule has 0 N–H and O–H groups in total. The summed E-state index contributed by atoms with van der Waals surface area (Å²) in [5.41, 5.74) is 1.36. The van der Waals surface area contributed by atoms with Gasteiger partial charge in [0.15, 0.2) is 5.82 Å². The average Bonchev–Trinajstić information content (AvgIpc) is 2.45. The molecule has 0 amide bonds. The molecule has 1 aromatic heterocycles. The summed E-state index contributed by atoms with van der Waals surface area (Å²) in [7, 11) is 0. The maximum Gasteiger partial charge on any atom is 0.161 e. The molecule has 6 heteroatoms. The van der Waals surface area contributed by atoms with Crippen LogP contribution in [0.4, 0.5) is 8.78 Å². The largest absolute Gasteiger partial charge is 0.225 e. The Labute approximate surface area is 132 Å². The van der Waals surface area contributed by atoms with Crippen LogP contribution in [0.25, 0.3) is 22.3 Å². The van der Waals surface area contributed by atoms with Crippen molar-refractivity contribution in [3.05, 3.63) is 57.2 Å². The summed E-state index contributed by atoms with van der Waals surface area (Å²) in [6.07, 6.45) is 0. The van der Waals surface area contributed by atoms with Crippen LogP contribution in [-0.4, -0.2) is 9.97 Å². The number of aryl methyl sites for hydroxylation is 1. The molecule has 0 bridgehead atoms. The van der Waals surface area contributed by atoms with Crippen molar-refractivity contribution in [1.29, 1.82) is 0 Å². The summed E-state index contributed by atoms with van der Waals surface area (Å²) in [4.78, 5) is 8.37. The summed E-state index contributed by atoms with van der Waals surface area (Å²) >= 11 is 9.44. The SMILES string of the molecule is Cc1ccc(F)cc1-c1nc(Cl)c2c(Br)ccc(F)c2n1. The monoisotopic (exact) mass is 368 g/mol. The van der Waals surface area contributed by atoms with Crippen LogP contribution in [0.5, 0.6) is 0 Å². The minimum absolute atomic E-state index is 0.100. The fourth-order valence-corrected chi connectivity index (χ4v) is 2.98. The number of aromatic nitrogens is 2. The van der Waals surface area contributed by atoms with Crippen molar-refractivity contribution >= 4 is 38.4 Å². The molecule has 2 nitrogen and oxygen atoms in total. The van der Waals surface area contributed by atoms with E-state index in [1.54, 1.807) is 19.1 Å². The molecule has 0 saturated heterocycles. The van der Waals surface area contributed by atoms with Crippen molar-refractivity contribution in [2.45, 2.75) is 6.92 Å². The van der Waals surface area contributed by atoms with Gasteiger partial charge in [0, 0.05) is 10.0 Å². The van der Waals surface area contributed by atoms with Gasteiger partial charge in [-0.15, -0.1) is 0 Å². The summed E-state index contributed by atoms with van der Waals surface area (Å²) in [5, 5.41) is 0.513. The normalized spacial score (nSPS) is 11.1. The smallest absolute Gasteiger partial charge is 0.161 e. The number of halogens is 4. The van der Waals surface area contributed by atoms with Crippen molar-refractivity contribution in [2.24, 2.45) is 0 Å². The summed E-state index contributed by atoms with van der Waals surface area (Å²) in [6.45, 7) is 1.80. The standard InChI is InChI=1S/C15H8BrClF2N2/c1-7-2-3-8(18)6-9(7)15-20-13-11(19)5-4-10(16)12(13)14(17)21-15/h2-6H,1H3. The first kappa shape index (κ1) is 14.4. The molecule has 0 saturated carbocycles. The van der Waals surface area contributed by atoms with Crippen LogP contribution in [0.15, 0.2) is 34.8 Å². The molecule has 0 aliphatic carbocycles. The molecule has 3 aromatic rings. The predicted molar refractivity (Wildman–Crippen MR) is 82.3 cm³/mol. The molecule has 2 aromatic carbocycles. The Kier molecular flexibility index (Phi) is 3.63. The highest BCUT2D eigenvalue weighted by Gasteiger charge is 2.15. The second kappa shape index (κ2) is 5.31. The minimum Gasteiger partial charge on any atom is -0.225 e. The van der Waals surface area contributed by atoms with Crippen LogP contribution in [0.3, 0.4) is 0 Å². The van der Waals surface area contributed by atoms with E-state index < -0.39 is 11.6 Å². The highest BCUT2D eigenvalue weighted by atomic mass is 79.9. The van der Waals surface area contributed by atoms with Gasteiger partial charge in [0.1, 0.15) is 22.3 Å². The van der Waals surface area contributed by atoms with Crippen LogP contribution >= 0.6 is 27.5 Å². The van der Waals surface area contributed by atoms with Crippen molar-refractivity contribution in [3.63, 3.8) is 0 Å². The topological polar surface area (TPSA) is 25.8 Å². The van der Waals surface area contributed by atoms with E-state index in [9.17, 15) is 8.78 Å². The van der Waals surface area contributed by atoms with Gasteiger partial charge in [-0.3, -0.25) is 0 Å². The third-order valence-electron chi connectivity index (χ3n) is 3.15. The van der Waals surface area contributed by atoms with Gasteiger partial charge < -0.3 is 0 Å². The van der Waals surface area contributed by atoms with E-state index in [0.29, 0.717) is 15.4 Å². The highest BCUT2D eigenvalue weighted by molar-refractivity contribution is 9.10. The van der Waals surface area contributed by atoms with E-state index in [1.807, 2.05) is 0 Å². The van der Waals surface area contributed by atoms with Gasteiger partial charge in [-0.05, 0) is 52.7 Å². The van der Waals surface area contributed by atoms with Crippen LogP contribution in [-0.2, 0) is 0 Å². The van der Waals surface area contributed by atoms with Crippen molar-refractivity contribution < 1.29 is 8.78 Å². The second-order valence-electron chi connectivity index (χ2n) is 4.55. The van der Waals surface area contributed by atoms with E-state index in [-0.39, 0.29) is 16.5 Å². The van der Waals surface area contributed by atoms with Crippen molar-refractivity contribution in [2.75, 3.05) is 0 Å². The molecule has 21 heavy (non-hydrogen) atoms.